The van der Waals surface area contributed by atoms with Gasteiger partial charge in [-0.3, -0.25) is 14.7 Å². The standard InChI is InChI=1S/C18H17N5O3/c1-2-26-14-9-10(7-8-13(14)24)15-20-17(19)22-18-21-16(25)11-5-3-4-6-12(11)23(15)18/h3-9,15,24H,2H2,1H3,(H3,19,20,21,22,25). The zero-order valence-electron chi connectivity index (χ0n) is 14.0. The number of phenols is 1. The maximum atomic E-state index is 12.3. The average Bonchev–Trinajstić information content (AvgIpc) is 2.63. The number of hydrogen-bond donors (Lipinski definition) is 3. The molecule has 3 aromatic rings. The molecule has 132 valence electrons. The number of fused-ring (bicyclic) bond motifs is 3. The van der Waals surface area contributed by atoms with Crippen molar-refractivity contribution in [3.05, 3.63) is 58.4 Å². The van der Waals surface area contributed by atoms with Gasteiger partial charge in [-0.2, -0.15) is 4.98 Å². The van der Waals surface area contributed by atoms with Crippen LogP contribution >= 0.6 is 0 Å². The van der Waals surface area contributed by atoms with Gasteiger partial charge >= 0.3 is 0 Å². The minimum absolute atomic E-state index is 0.0459. The Bertz CT molecular complexity index is 1090. The van der Waals surface area contributed by atoms with Crippen LogP contribution in [0.4, 0.5) is 5.95 Å². The van der Waals surface area contributed by atoms with Crippen molar-refractivity contribution in [2.24, 2.45) is 10.7 Å². The summed E-state index contributed by atoms with van der Waals surface area (Å²) >= 11 is 0. The molecular formula is C18H17N5O3. The summed E-state index contributed by atoms with van der Waals surface area (Å²) in [7, 11) is 0. The molecule has 1 aliphatic heterocycles. The molecule has 0 saturated carbocycles. The second kappa shape index (κ2) is 6.07. The molecule has 0 saturated heterocycles. The Balaban J connectivity index is 1.97. The third kappa shape index (κ3) is 2.52. The Morgan fingerprint density at radius 1 is 1.31 bits per heavy atom. The second-order valence-corrected chi connectivity index (χ2v) is 5.80. The van der Waals surface area contributed by atoms with E-state index in [0.717, 1.165) is 5.56 Å². The molecule has 4 rings (SSSR count). The van der Waals surface area contributed by atoms with E-state index in [-0.39, 0.29) is 17.3 Å². The molecule has 1 aliphatic rings. The van der Waals surface area contributed by atoms with Crippen LogP contribution in [0.3, 0.4) is 0 Å². The number of aliphatic imine (C=N–C) groups is 1. The van der Waals surface area contributed by atoms with E-state index in [1.165, 1.54) is 0 Å². The summed E-state index contributed by atoms with van der Waals surface area (Å²) in [5.41, 5.74) is 6.99. The van der Waals surface area contributed by atoms with Crippen molar-refractivity contribution in [2.45, 2.75) is 13.1 Å². The van der Waals surface area contributed by atoms with Crippen LogP contribution in [0, 0.1) is 0 Å². The van der Waals surface area contributed by atoms with E-state index in [4.69, 9.17) is 10.5 Å². The zero-order chi connectivity index (χ0) is 18.3. The third-order valence-corrected chi connectivity index (χ3v) is 4.16. The Kier molecular flexibility index (Phi) is 3.72. The number of hydrogen-bond acceptors (Lipinski definition) is 7. The van der Waals surface area contributed by atoms with Crippen LogP contribution in [0.5, 0.6) is 11.5 Å². The van der Waals surface area contributed by atoms with Crippen molar-refractivity contribution in [2.75, 3.05) is 11.9 Å². The van der Waals surface area contributed by atoms with Crippen LogP contribution in [-0.4, -0.2) is 27.2 Å². The lowest BCUT2D eigenvalue weighted by atomic mass is 10.1. The number of nitrogens with zero attached hydrogens (tertiary/aromatic N) is 3. The Morgan fingerprint density at radius 3 is 2.92 bits per heavy atom. The SMILES string of the molecule is CCOc1cc(C2N=C(N)Nc3nc(=O)c4ccccc4n32)ccc1O. The average molecular weight is 351 g/mol. The van der Waals surface area contributed by atoms with Crippen LogP contribution in [0.15, 0.2) is 52.3 Å². The molecule has 26 heavy (non-hydrogen) atoms. The molecule has 2 heterocycles. The molecule has 8 nitrogen and oxygen atoms in total. The highest BCUT2D eigenvalue weighted by Crippen LogP contribution is 2.34. The first-order valence-corrected chi connectivity index (χ1v) is 8.15. The van der Waals surface area contributed by atoms with Crippen molar-refractivity contribution >= 4 is 22.8 Å². The van der Waals surface area contributed by atoms with Crippen molar-refractivity contribution in [1.29, 1.82) is 0 Å². The van der Waals surface area contributed by atoms with E-state index in [9.17, 15) is 9.90 Å². The van der Waals surface area contributed by atoms with Crippen LogP contribution < -0.4 is 21.3 Å². The van der Waals surface area contributed by atoms with Gasteiger partial charge in [0.1, 0.15) is 0 Å². The normalized spacial score (nSPS) is 15.9. The first-order valence-electron chi connectivity index (χ1n) is 8.15. The Morgan fingerprint density at radius 2 is 2.12 bits per heavy atom. The number of aromatic hydroxyl groups is 1. The summed E-state index contributed by atoms with van der Waals surface area (Å²) in [6.07, 6.45) is -0.552. The molecule has 0 radical (unpaired) electrons. The number of anilines is 1. The first-order chi connectivity index (χ1) is 12.6. The van der Waals surface area contributed by atoms with Crippen molar-refractivity contribution in [3.8, 4) is 11.5 Å². The molecule has 0 fully saturated rings. The lowest BCUT2D eigenvalue weighted by molar-refractivity contribution is 0.317. The summed E-state index contributed by atoms with van der Waals surface area (Å²) < 4.78 is 7.27. The molecule has 0 bridgehead atoms. The predicted octanol–water partition coefficient (Wildman–Crippen LogP) is 1.79. The van der Waals surface area contributed by atoms with Crippen molar-refractivity contribution in [1.82, 2.24) is 9.55 Å². The highest BCUT2D eigenvalue weighted by atomic mass is 16.5. The molecule has 1 atom stereocenters. The molecule has 4 N–H and O–H groups in total. The van der Waals surface area contributed by atoms with E-state index in [1.54, 1.807) is 34.9 Å². The van der Waals surface area contributed by atoms with E-state index in [1.807, 2.05) is 19.1 Å². The number of guanidine groups is 1. The number of ether oxygens (including phenoxy) is 1. The Hall–Kier alpha value is -3.55. The van der Waals surface area contributed by atoms with Gasteiger partial charge in [0.05, 0.1) is 17.5 Å². The van der Waals surface area contributed by atoms with Gasteiger partial charge < -0.3 is 15.6 Å². The monoisotopic (exact) mass is 351 g/mol. The maximum absolute atomic E-state index is 12.3. The van der Waals surface area contributed by atoms with Gasteiger partial charge in [-0.15, -0.1) is 0 Å². The first kappa shape index (κ1) is 15.9. The lowest BCUT2D eigenvalue weighted by Crippen LogP contribution is -2.34. The quantitative estimate of drug-likeness (QED) is 0.663. The number of phenolic OH excluding ortho intramolecular Hbond substituents is 1. The fraction of sp³-hybridized carbons (Fsp3) is 0.167. The van der Waals surface area contributed by atoms with Crippen LogP contribution in [0.25, 0.3) is 10.9 Å². The van der Waals surface area contributed by atoms with E-state index < -0.39 is 6.17 Å². The number of rotatable bonds is 3. The molecule has 1 aromatic heterocycles. The molecule has 2 aromatic carbocycles. The summed E-state index contributed by atoms with van der Waals surface area (Å²) in [4.78, 5) is 20.9. The highest BCUT2D eigenvalue weighted by molar-refractivity contribution is 5.93. The number of para-hydroxylation sites is 1. The minimum atomic E-state index is -0.552. The summed E-state index contributed by atoms with van der Waals surface area (Å²) in [5.74, 6) is 0.877. The summed E-state index contributed by atoms with van der Waals surface area (Å²) in [6.45, 7) is 2.26. The van der Waals surface area contributed by atoms with Crippen LogP contribution in [-0.2, 0) is 0 Å². The number of nitrogens with one attached hydrogen (secondary N) is 1. The van der Waals surface area contributed by atoms with Gasteiger partial charge in [0.2, 0.25) is 5.95 Å². The van der Waals surface area contributed by atoms with Gasteiger partial charge in [-0.05, 0) is 31.2 Å². The molecule has 0 spiro atoms. The highest BCUT2D eigenvalue weighted by Gasteiger charge is 2.25. The van der Waals surface area contributed by atoms with Crippen molar-refractivity contribution in [3.63, 3.8) is 0 Å². The van der Waals surface area contributed by atoms with Gasteiger partial charge in [-0.25, -0.2) is 4.99 Å². The van der Waals surface area contributed by atoms with Crippen LogP contribution in [0.2, 0.25) is 0 Å². The summed E-state index contributed by atoms with van der Waals surface area (Å²) in [6, 6.07) is 12.2. The van der Waals surface area contributed by atoms with E-state index >= 15 is 0 Å². The maximum Gasteiger partial charge on any atom is 0.282 e. The van der Waals surface area contributed by atoms with Gasteiger partial charge in [0.25, 0.3) is 5.56 Å². The molecule has 0 amide bonds. The largest absolute Gasteiger partial charge is 0.504 e. The predicted molar refractivity (Wildman–Crippen MR) is 98.7 cm³/mol. The fourth-order valence-corrected chi connectivity index (χ4v) is 3.05. The number of benzene rings is 2. The summed E-state index contributed by atoms with van der Waals surface area (Å²) in [5, 5.41) is 13.3. The molecular weight excluding hydrogens is 334 g/mol. The van der Waals surface area contributed by atoms with Crippen LogP contribution in [0.1, 0.15) is 18.7 Å². The topological polar surface area (TPSA) is 115 Å². The van der Waals surface area contributed by atoms with E-state index in [0.29, 0.717) is 29.2 Å². The third-order valence-electron chi connectivity index (χ3n) is 4.16. The van der Waals surface area contributed by atoms with E-state index in [2.05, 4.69) is 15.3 Å². The number of aromatic nitrogens is 2. The van der Waals surface area contributed by atoms with Gasteiger partial charge in [-0.1, -0.05) is 18.2 Å². The lowest BCUT2D eigenvalue weighted by Gasteiger charge is -2.27. The smallest absolute Gasteiger partial charge is 0.282 e. The zero-order valence-corrected chi connectivity index (χ0v) is 14.0. The fourth-order valence-electron chi connectivity index (χ4n) is 3.05. The second-order valence-electron chi connectivity index (χ2n) is 5.80. The molecule has 1 unspecified atom stereocenters. The van der Waals surface area contributed by atoms with Gasteiger partial charge in [0, 0.05) is 5.56 Å². The number of nitrogens with two attached hydrogens (primary N) is 1. The van der Waals surface area contributed by atoms with Crippen molar-refractivity contribution < 1.29 is 9.84 Å². The minimum Gasteiger partial charge on any atom is -0.504 e. The molecule has 8 heteroatoms. The van der Waals surface area contributed by atoms with Gasteiger partial charge in [0.15, 0.2) is 23.6 Å². The Labute approximate surface area is 148 Å². The molecule has 0 aliphatic carbocycles.